The number of para-hydroxylation sites is 2. The SMILES string of the molecule is c1ccc(C2=NC(c3ccc4c(c3)sc3cc(-c5ccccc5-c5ccc6c7ccccc7n(-c7ccccc7)c6c5)ccc34)=NC(c3ccccc3)N2)cc1. The normalized spacial score (nSPS) is 14.2. The van der Waals surface area contributed by atoms with Crippen LogP contribution >= 0.6 is 11.3 Å². The van der Waals surface area contributed by atoms with Crippen LogP contribution in [0.5, 0.6) is 0 Å². The lowest BCUT2D eigenvalue weighted by Crippen LogP contribution is -2.33. The number of benzene rings is 8. The minimum absolute atomic E-state index is 0.234. The highest BCUT2D eigenvalue weighted by molar-refractivity contribution is 7.25. The monoisotopic (exact) mass is 734 g/mol. The molecule has 1 unspecified atom stereocenters. The molecule has 264 valence electrons. The van der Waals surface area contributed by atoms with E-state index in [1.54, 1.807) is 0 Å². The van der Waals surface area contributed by atoms with E-state index in [2.05, 4.69) is 180 Å². The zero-order valence-corrected chi connectivity index (χ0v) is 31.1. The van der Waals surface area contributed by atoms with Gasteiger partial charge in [-0.1, -0.05) is 158 Å². The molecule has 10 aromatic rings. The van der Waals surface area contributed by atoms with E-state index >= 15 is 0 Å². The summed E-state index contributed by atoms with van der Waals surface area (Å²) < 4.78 is 4.86. The van der Waals surface area contributed by atoms with E-state index in [1.165, 1.54) is 64.2 Å². The van der Waals surface area contributed by atoms with Crippen molar-refractivity contribution in [3.05, 3.63) is 211 Å². The van der Waals surface area contributed by atoms with E-state index in [9.17, 15) is 0 Å². The van der Waals surface area contributed by atoms with Crippen LogP contribution in [0.4, 0.5) is 0 Å². The van der Waals surface area contributed by atoms with Gasteiger partial charge in [0, 0.05) is 47.8 Å². The van der Waals surface area contributed by atoms with Crippen LogP contribution in [0.25, 0.3) is 69.9 Å². The molecule has 8 aromatic carbocycles. The second-order valence-electron chi connectivity index (χ2n) is 14.2. The smallest absolute Gasteiger partial charge is 0.159 e. The van der Waals surface area contributed by atoms with Crippen molar-refractivity contribution in [2.45, 2.75) is 6.17 Å². The summed E-state index contributed by atoms with van der Waals surface area (Å²) in [6, 6.07) is 69.3. The Morgan fingerprint density at radius 2 is 1.00 bits per heavy atom. The minimum atomic E-state index is -0.234. The summed E-state index contributed by atoms with van der Waals surface area (Å²) in [6.45, 7) is 0. The summed E-state index contributed by atoms with van der Waals surface area (Å²) in [5, 5.41) is 8.59. The first kappa shape index (κ1) is 32.4. The van der Waals surface area contributed by atoms with Gasteiger partial charge in [0.1, 0.15) is 12.0 Å². The number of fused-ring (bicyclic) bond motifs is 6. The number of nitrogens with zero attached hydrogens (tertiary/aromatic N) is 3. The fraction of sp³-hybridized carbons (Fsp3) is 0.0196. The number of rotatable bonds is 6. The van der Waals surface area contributed by atoms with E-state index < -0.39 is 0 Å². The molecule has 1 aliphatic rings. The zero-order valence-electron chi connectivity index (χ0n) is 30.3. The van der Waals surface area contributed by atoms with Gasteiger partial charge < -0.3 is 9.88 Å². The van der Waals surface area contributed by atoms with Gasteiger partial charge in [-0.05, 0) is 64.2 Å². The minimum Gasteiger partial charge on any atom is -0.344 e. The number of hydrogen-bond acceptors (Lipinski definition) is 4. The summed E-state index contributed by atoms with van der Waals surface area (Å²) >= 11 is 1.83. The maximum atomic E-state index is 5.13. The lowest BCUT2D eigenvalue weighted by atomic mass is 9.93. The Kier molecular flexibility index (Phi) is 7.71. The molecule has 0 bridgehead atoms. The van der Waals surface area contributed by atoms with Gasteiger partial charge in [0.15, 0.2) is 5.84 Å². The van der Waals surface area contributed by atoms with Crippen LogP contribution < -0.4 is 5.32 Å². The third-order valence-corrected chi connectivity index (χ3v) is 12.0. The summed E-state index contributed by atoms with van der Waals surface area (Å²) in [5.41, 5.74) is 11.5. The first-order valence-corrected chi connectivity index (χ1v) is 19.8. The molecule has 0 spiro atoms. The molecule has 5 heteroatoms. The Morgan fingerprint density at radius 3 is 1.73 bits per heavy atom. The van der Waals surface area contributed by atoms with Crippen molar-refractivity contribution in [1.29, 1.82) is 0 Å². The van der Waals surface area contributed by atoms with Gasteiger partial charge in [-0.3, -0.25) is 0 Å². The quantitative estimate of drug-likeness (QED) is 0.182. The molecule has 2 aromatic heterocycles. The van der Waals surface area contributed by atoms with Crippen molar-refractivity contribution in [2.75, 3.05) is 0 Å². The first-order chi connectivity index (χ1) is 27.7. The second kappa shape index (κ2) is 13.3. The molecule has 0 aliphatic carbocycles. The van der Waals surface area contributed by atoms with Crippen molar-refractivity contribution in [1.82, 2.24) is 9.88 Å². The van der Waals surface area contributed by atoms with Gasteiger partial charge in [0.2, 0.25) is 0 Å². The zero-order chi connectivity index (χ0) is 37.0. The Labute approximate surface area is 328 Å². The molecule has 0 radical (unpaired) electrons. The molecule has 1 N–H and O–H groups in total. The molecule has 56 heavy (non-hydrogen) atoms. The third kappa shape index (κ3) is 5.52. The Morgan fingerprint density at radius 1 is 0.446 bits per heavy atom. The Balaban J connectivity index is 0.995. The standard InChI is InChI=1S/C51H34N4S/c1-4-14-33(15-5-1)49-52-50(34-16-6-2-7-17-34)54-51(53-49)37-26-29-44-43-28-25-36(31-47(43)56-48(44)32-37)40-21-11-10-20-39(40)35-24-27-42-41-22-12-13-23-45(41)55(46(42)30-35)38-18-8-3-9-19-38/h1-32,49H,(H,52,53,54). The van der Waals surface area contributed by atoms with Crippen LogP contribution in [0.2, 0.25) is 0 Å². The van der Waals surface area contributed by atoms with Crippen molar-refractivity contribution in [3.63, 3.8) is 0 Å². The molecule has 0 saturated heterocycles. The molecular weight excluding hydrogens is 701 g/mol. The summed E-state index contributed by atoms with van der Waals surface area (Å²) in [4.78, 5) is 10.2. The van der Waals surface area contributed by atoms with Gasteiger partial charge in [-0.25, -0.2) is 9.98 Å². The van der Waals surface area contributed by atoms with Crippen LogP contribution in [0, 0.1) is 0 Å². The van der Waals surface area contributed by atoms with Crippen LogP contribution in [0.3, 0.4) is 0 Å². The van der Waals surface area contributed by atoms with E-state index in [1.807, 2.05) is 35.6 Å². The molecule has 0 saturated carbocycles. The highest BCUT2D eigenvalue weighted by Gasteiger charge is 2.22. The van der Waals surface area contributed by atoms with Gasteiger partial charge >= 0.3 is 0 Å². The van der Waals surface area contributed by atoms with Crippen LogP contribution in [0.15, 0.2) is 204 Å². The van der Waals surface area contributed by atoms with Crippen molar-refractivity contribution in [2.24, 2.45) is 9.98 Å². The maximum Gasteiger partial charge on any atom is 0.159 e. The summed E-state index contributed by atoms with van der Waals surface area (Å²) in [6.07, 6.45) is -0.234. The molecule has 0 fully saturated rings. The number of hydrogen-bond donors (Lipinski definition) is 1. The first-order valence-electron chi connectivity index (χ1n) is 18.9. The molecular formula is C51H34N4S. The Hall–Kier alpha value is -7.08. The third-order valence-electron chi connectivity index (χ3n) is 10.9. The summed E-state index contributed by atoms with van der Waals surface area (Å²) in [7, 11) is 0. The van der Waals surface area contributed by atoms with Crippen LogP contribution in [0.1, 0.15) is 22.9 Å². The largest absolute Gasteiger partial charge is 0.344 e. The maximum absolute atomic E-state index is 5.13. The molecule has 11 rings (SSSR count). The molecule has 1 atom stereocenters. The Bertz CT molecular complexity index is 3160. The van der Waals surface area contributed by atoms with Crippen molar-refractivity contribution >= 4 is 65.0 Å². The van der Waals surface area contributed by atoms with Gasteiger partial charge in [-0.2, -0.15) is 0 Å². The number of aliphatic imine (C=N–C) groups is 2. The molecule has 1 aliphatic heterocycles. The van der Waals surface area contributed by atoms with Gasteiger partial charge in [0.05, 0.1) is 11.0 Å². The number of thiophene rings is 1. The van der Waals surface area contributed by atoms with Gasteiger partial charge in [0.25, 0.3) is 0 Å². The molecule has 3 heterocycles. The van der Waals surface area contributed by atoms with E-state index in [-0.39, 0.29) is 6.17 Å². The number of aromatic nitrogens is 1. The highest BCUT2D eigenvalue weighted by atomic mass is 32.1. The van der Waals surface area contributed by atoms with E-state index in [0.717, 1.165) is 34.0 Å². The van der Waals surface area contributed by atoms with Crippen molar-refractivity contribution < 1.29 is 0 Å². The lowest BCUT2D eigenvalue weighted by molar-refractivity contribution is 0.674. The molecule has 0 amide bonds. The average molecular weight is 735 g/mol. The lowest BCUT2D eigenvalue weighted by Gasteiger charge is -2.23. The summed E-state index contributed by atoms with van der Waals surface area (Å²) in [5.74, 6) is 1.55. The predicted molar refractivity (Wildman–Crippen MR) is 236 cm³/mol. The number of nitrogens with one attached hydrogen (secondary N) is 1. The van der Waals surface area contributed by atoms with Crippen LogP contribution in [-0.2, 0) is 0 Å². The van der Waals surface area contributed by atoms with E-state index in [0.29, 0.717) is 0 Å². The topological polar surface area (TPSA) is 41.7 Å². The predicted octanol–water partition coefficient (Wildman–Crippen LogP) is 13.0. The molecule has 4 nitrogen and oxygen atoms in total. The van der Waals surface area contributed by atoms with Crippen molar-refractivity contribution in [3.8, 4) is 27.9 Å². The number of amidine groups is 2. The second-order valence-corrected chi connectivity index (χ2v) is 15.3. The van der Waals surface area contributed by atoms with Crippen LogP contribution in [-0.4, -0.2) is 16.2 Å². The fourth-order valence-corrected chi connectivity index (χ4v) is 9.38. The highest BCUT2D eigenvalue weighted by Crippen LogP contribution is 2.41. The fourth-order valence-electron chi connectivity index (χ4n) is 8.19. The average Bonchev–Trinajstić information content (AvgIpc) is 3.81. The van der Waals surface area contributed by atoms with E-state index in [4.69, 9.17) is 9.98 Å². The van der Waals surface area contributed by atoms with Gasteiger partial charge in [-0.15, -0.1) is 11.3 Å².